The number of ether oxygens (including phenoxy) is 1. The van der Waals surface area contributed by atoms with Gasteiger partial charge in [-0.1, -0.05) is 12.8 Å². The van der Waals surface area contributed by atoms with E-state index in [-0.39, 0.29) is 11.3 Å². The molecule has 1 heterocycles. The normalized spacial score (nSPS) is 20.9. The Bertz CT molecular complexity index is 499. The molecule has 0 aromatic heterocycles. The van der Waals surface area contributed by atoms with Gasteiger partial charge < -0.3 is 4.74 Å². The Kier molecular flexibility index (Phi) is 2.58. The Hall–Kier alpha value is -1.84. The van der Waals surface area contributed by atoms with E-state index >= 15 is 0 Å². The zero-order valence-electron chi connectivity index (χ0n) is 10.4. The van der Waals surface area contributed by atoms with E-state index in [0.717, 1.165) is 42.7 Å². The molecule has 0 atom stereocenters. The minimum Gasteiger partial charge on any atom is -0.497 e. The fourth-order valence-corrected chi connectivity index (χ4v) is 2.96. The highest BCUT2D eigenvalue weighted by atomic mass is 16.5. The zero-order valence-corrected chi connectivity index (χ0v) is 10.4. The number of rotatable bonds is 2. The van der Waals surface area contributed by atoms with Crippen LogP contribution in [0.4, 0.5) is 0 Å². The average Bonchev–Trinajstić information content (AvgIpc) is 3.01. The fourth-order valence-electron chi connectivity index (χ4n) is 2.96. The average molecular weight is 244 g/mol. The van der Waals surface area contributed by atoms with Crippen LogP contribution in [-0.4, -0.2) is 18.7 Å². The van der Waals surface area contributed by atoms with Crippen LogP contribution in [0.2, 0.25) is 0 Å². The van der Waals surface area contributed by atoms with Crippen molar-refractivity contribution in [3.63, 3.8) is 0 Å². The molecule has 3 rings (SSSR count). The topological polar surface area (TPSA) is 50.7 Å². The summed E-state index contributed by atoms with van der Waals surface area (Å²) in [6.07, 6.45) is 4.01. The zero-order chi connectivity index (χ0) is 12.6. The van der Waals surface area contributed by atoms with Crippen molar-refractivity contribution in [2.45, 2.75) is 25.7 Å². The van der Waals surface area contributed by atoms with Crippen LogP contribution >= 0.6 is 0 Å². The third kappa shape index (κ3) is 1.52. The highest BCUT2D eigenvalue weighted by molar-refractivity contribution is 6.19. The predicted octanol–water partition coefficient (Wildman–Crippen LogP) is 2.09. The van der Waals surface area contributed by atoms with Gasteiger partial charge in [0, 0.05) is 0 Å². The third-order valence-corrected chi connectivity index (χ3v) is 3.98. The van der Waals surface area contributed by atoms with Gasteiger partial charge in [-0.05, 0) is 42.7 Å². The SMILES string of the molecule is COc1ccc(C2=NNC(=O)C23CCCC3)cc1. The van der Waals surface area contributed by atoms with Gasteiger partial charge >= 0.3 is 0 Å². The molecule has 94 valence electrons. The molecule has 1 aromatic rings. The lowest BCUT2D eigenvalue weighted by Gasteiger charge is -2.21. The van der Waals surface area contributed by atoms with Gasteiger partial charge in [0.05, 0.1) is 18.2 Å². The van der Waals surface area contributed by atoms with Crippen molar-refractivity contribution in [2.24, 2.45) is 10.5 Å². The van der Waals surface area contributed by atoms with Gasteiger partial charge in [0.15, 0.2) is 0 Å². The van der Waals surface area contributed by atoms with Crippen LogP contribution in [0.15, 0.2) is 29.4 Å². The molecule has 0 radical (unpaired) electrons. The first kappa shape index (κ1) is 11.3. The smallest absolute Gasteiger partial charge is 0.252 e. The summed E-state index contributed by atoms with van der Waals surface area (Å²) < 4.78 is 5.15. The summed E-state index contributed by atoms with van der Waals surface area (Å²) in [5, 5.41) is 4.25. The van der Waals surface area contributed by atoms with E-state index in [0.29, 0.717) is 0 Å². The van der Waals surface area contributed by atoms with E-state index in [4.69, 9.17) is 4.74 Å². The van der Waals surface area contributed by atoms with Crippen LogP contribution < -0.4 is 10.2 Å². The number of nitrogens with zero attached hydrogens (tertiary/aromatic N) is 1. The Balaban J connectivity index is 1.97. The Labute approximate surface area is 106 Å². The van der Waals surface area contributed by atoms with Gasteiger partial charge in [-0.2, -0.15) is 5.10 Å². The molecule has 2 aliphatic rings. The first-order valence-corrected chi connectivity index (χ1v) is 6.29. The van der Waals surface area contributed by atoms with Crippen molar-refractivity contribution < 1.29 is 9.53 Å². The van der Waals surface area contributed by atoms with Crippen molar-refractivity contribution in [1.29, 1.82) is 0 Å². The molecule has 1 amide bonds. The molecule has 0 bridgehead atoms. The number of benzene rings is 1. The molecule has 4 heteroatoms. The summed E-state index contributed by atoms with van der Waals surface area (Å²) in [6, 6.07) is 7.75. The molecule has 1 spiro atoms. The van der Waals surface area contributed by atoms with Gasteiger partial charge in [0.1, 0.15) is 5.75 Å². The van der Waals surface area contributed by atoms with Crippen LogP contribution in [0.3, 0.4) is 0 Å². The number of hydrogen-bond donors (Lipinski definition) is 1. The Morgan fingerprint density at radius 2 is 1.89 bits per heavy atom. The summed E-state index contributed by atoms with van der Waals surface area (Å²) in [5.74, 6) is 0.878. The van der Waals surface area contributed by atoms with Crippen LogP contribution in [-0.2, 0) is 4.79 Å². The summed E-state index contributed by atoms with van der Waals surface area (Å²) in [6.45, 7) is 0. The van der Waals surface area contributed by atoms with Crippen LogP contribution in [0.5, 0.6) is 5.75 Å². The highest BCUT2D eigenvalue weighted by Crippen LogP contribution is 2.43. The van der Waals surface area contributed by atoms with Gasteiger partial charge in [0.25, 0.3) is 5.91 Å². The van der Waals surface area contributed by atoms with E-state index in [2.05, 4.69) is 10.5 Å². The number of hydrogen-bond acceptors (Lipinski definition) is 3. The maximum atomic E-state index is 12.1. The van der Waals surface area contributed by atoms with Gasteiger partial charge in [-0.25, -0.2) is 5.43 Å². The Morgan fingerprint density at radius 1 is 1.22 bits per heavy atom. The molecular weight excluding hydrogens is 228 g/mol. The first-order valence-electron chi connectivity index (χ1n) is 6.29. The molecule has 18 heavy (non-hydrogen) atoms. The summed E-state index contributed by atoms with van der Waals surface area (Å²) in [5.41, 5.74) is 4.17. The minimum absolute atomic E-state index is 0.0609. The van der Waals surface area contributed by atoms with E-state index in [1.165, 1.54) is 0 Å². The largest absolute Gasteiger partial charge is 0.497 e. The lowest BCUT2D eigenvalue weighted by atomic mass is 9.78. The van der Waals surface area contributed by atoms with Crippen molar-refractivity contribution in [3.8, 4) is 5.75 Å². The lowest BCUT2D eigenvalue weighted by molar-refractivity contribution is -0.126. The van der Waals surface area contributed by atoms with E-state index in [9.17, 15) is 4.79 Å². The van der Waals surface area contributed by atoms with E-state index in [1.54, 1.807) is 7.11 Å². The van der Waals surface area contributed by atoms with Crippen LogP contribution in [0.25, 0.3) is 0 Å². The van der Waals surface area contributed by atoms with Crippen LogP contribution in [0, 0.1) is 5.41 Å². The van der Waals surface area contributed by atoms with Crippen molar-refractivity contribution in [1.82, 2.24) is 5.43 Å². The van der Waals surface area contributed by atoms with Gasteiger partial charge in [0.2, 0.25) is 0 Å². The lowest BCUT2D eigenvalue weighted by Crippen LogP contribution is -2.35. The van der Waals surface area contributed by atoms with Gasteiger partial charge in [-0.15, -0.1) is 0 Å². The minimum atomic E-state index is -0.380. The summed E-state index contributed by atoms with van der Waals surface area (Å²) in [4.78, 5) is 12.1. The third-order valence-electron chi connectivity index (χ3n) is 3.98. The Morgan fingerprint density at radius 3 is 2.50 bits per heavy atom. The molecule has 1 aliphatic carbocycles. The molecule has 0 unspecified atom stereocenters. The molecule has 1 saturated carbocycles. The highest BCUT2D eigenvalue weighted by Gasteiger charge is 2.49. The predicted molar refractivity (Wildman–Crippen MR) is 68.6 cm³/mol. The maximum Gasteiger partial charge on any atom is 0.252 e. The molecule has 1 aliphatic heterocycles. The second kappa shape index (κ2) is 4.12. The molecule has 4 nitrogen and oxygen atoms in total. The van der Waals surface area contributed by atoms with E-state index in [1.807, 2.05) is 24.3 Å². The maximum absolute atomic E-state index is 12.1. The fraction of sp³-hybridized carbons (Fsp3) is 0.429. The number of hydrazone groups is 1. The molecule has 1 aromatic carbocycles. The van der Waals surface area contributed by atoms with Crippen molar-refractivity contribution >= 4 is 11.6 Å². The number of carbonyl (C=O) groups excluding carboxylic acids is 1. The summed E-state index contributed by atoms with van der Waals surface area (Å²) >= 11 is 0. The molecule has 1 N–H and O–H groups in total. The second-order valence-corrected chi connectivity index (χ2v) is 4.92. The number of carbonyl (C=O) groups is 1. The second-order valence-electron chi connectivity index (χ2n) is 4.92. The molecule has 1 fully saturated rings. The van der Waals surface area contributed by atoms with Crippen molar-refractivity contribution in [3.05, 3.63) is 29.8 Å². The van der Waals surface area contributed by atoms with Crippen molar-refractivity contribution in [2.75, 3.05) is 7.11 Å². The number of methoxy groups -OCH3 is 1. The monoisotopic (exact) mass is 244 g/mol. The van der Waals surface area contributed by atoms with Gasteiger partial charge in [-0.3, -0.25) is 4.79 Å². The quantitative estimate of drug-likeness (QED) is 0.866. The number of nitrogens with one attached hydrogen (secondary N) is 1. The van der Waals surface area contributed by atoms with Crippen LogP contribution in [0.1, 0.15) is 31.2 Å². The summed E-state index contributed by atoms with van der Waals surface area (Å²) in [7, 11) is 1.64. The standard InChI is InChI=1S/C14H16N2O2/c1-18-11-6-4-10(5-7-11)12-14(8-2-3-9-14)13(17)16-15-12/h4-7H,2-3,8-9H2,1H3,(H,16,17). The first-order chi connectivity index (χ1) is 8.76. The molecular formula is C14H16N2O2. The molecule has 0 saturated heterocycles. The number of amides is 1. The van der Waals surface area contributed by atoms with E-state index < -0.39 is 0 Å².